The van der Waals surface area contributed by atoms with Gasteiger partial charge in [-0.3, -0.25) is 9.78 Å². The fourth-order valence-corrected chi connectivity index (χ4v) is 5.31. The van der Waals surface area contributed by atoms with E-state index in [-0.39, 0.29) is 38.5 Å². The van der Waals surface area contributed by atoms with Crippen LogP contribution in [0.4, 0.5) is 23.7 Å². The van der Waals surface area contributed by atoms with Gasteiger partial charge in [0.2, 0.25) is 5.91 Å². The number of pyridine rings is 1. The molecule has 1 fully saturated rings. The molecule has 1 saturated heterocycles. The minimum absolute atomic E-state index is 0.0527. The summed E-state index contributed by atoms with van der Waals surface area (Å²) < 4.78 is 40.1. The fraction of sp³-hybridized carbons (Fsp3) is 0.545. The first-order valence-electron chi connectivity index (χ1n) is 11.1. The lowest BCUT2D eigenvalue weighted by molar-refractivity contribution is -0.136. The van der Waals surface area contributed by atoms with Crippen LogP contribution in [0.25, 0.3) is 0 Å². The molecule has 0 aromatic carbocycles. The smallest absolute Gasteiger partial charge is 0.407 e. The standard InChI is InChI=1S/C22H24F3N5O3/c23-22(24,25)7-3-9-29-16-5-2-1-4-15(16)27-18(29)11-30-17-10-26-8-6-14(17)21(19(30)31)12-28(13-21)20(32)33/h6,8,10H,1-5,7,9,11-13H2,(H,32,33). The maximum absolute atomic E-state index is 13.5. The molecule has 1 aliphatic carbocycles. The van der Waals surface area contributed by atoms with Crippen LogP contribution in [0.2, 0.25) is 0 Å². The summed E-state index contributed by atoms with van der Waals surface area (Å²) in [6.07, 6.45) is 0.427. The normalized spacial score (nSPS) is 18.9. The summed E-state index contributed by atoms with van der Waals surface area (Å²) in [4.78, 5) is 36.5. The predicted octanol–water partition coefficient (Wildman–Crippen LogP) is 3.28. The monoisotopic (exact) mass is 463 g/mol. The average molecular weight is 463 g/mol. The first-order chi connectivity index (χ1) is 15.7. The highest BCUT2D eigenvalue weighted by Gasteiger charge is 2.59. The Bertz CT molecular complexity index is 1110. The van der Waals surface area contributed by atoms with Crippen molar-refractivity contribution in [3.05, 3.63) is 41.2 Å². The van der Waals surface area contributed by atoms with Crippen molar-refractivity contribution < 1.29 is 27.9 Å². The molecule has 0 saturated carbocycles. The Kier molecular flexibility index (Phi) is 5.09. The molecule has 2 aromatic rings. The second-order valence-electron chi connectivity index (χ2n) is 9.00. The molecule has 3 aliphatic rings. The van der Waals surface area contributed by atoms with Crippen LogP contribution >= 0.6 is 0 Å². The Morgan fingerprint density at radius 3 is 2.70 bits per heavy atom. The number of alkyl halides is 3. The molecule has 2 amide bonds. The minimum atomic E-state index is -4.22. The lowest BCUT2D eigenvalue weighted by atomic mass is 9.75. The summed E-state index contributed by atoms with van der Waals surface area (Å²) in [7, 11) is 0. The average Bonchev–Trinajstić information content (AvgIpc) is 3.19. The van der Waals surface area contributed by atoms with Crippen LogP contribution in [-0.4, -0.2) is 55.8 Å². The Balaban J connectivity index is 1.45. The Labute approximate surface area is 188 Å². The van der Waals surface area contributed by atoms with Crippen molar-refractivity contribution in [1.82, 2.24) is 19.4 Å². The van der Waals surface area contributed by atoms with Crippen LogP contribution in [-0.2, 0) is 36.1 Å². The number of likely N-dealkylation sites (tertiary alicyclic amines) is 1. The van der Waals surface area contributed by atoms with Crippen molar-refractivity contribution in [1.29, 1.82) is 0 Å². The number of carbonyl (C=O) groups is 2. The molecular formula is C22H24F3N5O3. The molecule has 5 rings (SSSR count). The lowest BCUT2D eigenvalue weighted by Crippen LogP contribution is -2.65. The third kappa shape index (κ3) is 3.63. The molecule has 4 heterocycles. The second-order valence-corrected chi connectivity index (χ2v) is 9.00. The van der Waals surface area contributed by atoms with Crippen molar-refractivity contribution in [2.45, 2.75) is 63.2 Å². The first kappa shape index (κ1) is 21.7. The topological polar surface area (TPSA) is 91.6 Å². The number of hydrogen-bond donors (Lipinski definition) is 1. The van der Waals surface area contributed by atoms with Crippen LogP contribution in [0.5, 0.6) is 0 Å². The van der Waals surface area contributed by atoms with Crippen LogP contribution in [0.15, 0.2) is 18.5 Å². The minimum Gasteiger partial charge on any atom is -0.465 e. The van der Waals surface area contributed by atoms with E-state index in [1.807, 2.05) is 4.57 Å². The Morgan fingerprint density at radius 2 is 1.97 bits per heavy atom. The number of aromatic nitrogens is 3. The third-order valence-corrected chi connectivity index (χ3v) is 6.91. The van der Waals surface area contributed by atoms with Gasteiger partial charge in [-0.05, 0) is 43.7 Å². The van der Waals surface area contributed by atoms with Crippen LogP contribution in [0.1, 0.15) is 48.5 Å². The number of carbonyl (C=O) groups excluding carboxylic acids is 1. The van der Waals surface area contributed by atoms with E-state index in [0.717, 1.165) is 42.6 Å². The van der Waals surface area contributed by atoms with Gasteiger partial charge < -0.3 is 19.5 Å². The SMILES string of the molecule is O=C(O)N1CC2(C1)C(=O)N(Cc1nc3c(n1CCCC(F)(F)F)CCCC3)c1cnccc12. The molecule has 0 radical (unpaired) electrons. The van der Waals surface area contributed by atoms with E-state index < -0.39 is 24.1 Å². The molecule has 11 heteroatoms. The van der Waals surface area contributed by atoms with E-state index >= 15 is 0 Å². The number of hydrogen-bond acceptors (Lipinski definition) is 4. The number of amides is 2. The maximum atomic E-state index is 13.5. The van der Waals surface area contributed by atoms with Crippen molar-refractivity contribution in [3.63, 3.8) is 0 Å². The van der Waals surface area contributed by atoms with Gasteiger partial charge in [-0.1, -0.05) is 0 Å². The largest absolute Gasteiger partial charge is 0.465 e. The summed E-state index contributed by atoms with van der Waals surface area (Å²) >= 11 is 0. The summed E-state index contributed by atoms with van der Waals surface area (Å²) in [5.74, 6) is 0.351. The number of anilines is 1. The Morgan fingerprint density at radius 1 is 1.21 bits per heavy atom. The third-order valence-electron chi connectivity index (χ3n) is 6.91. The molecule has 8 nitrogen and oxygen atoms in total. The molecule has 1 spiro atoms. The lowest BCUT2D eigenvalue weighted by Gasteiger charge is -2.45. The summed E-state index contributed by atoms with van der Waals surface area (Å²) in [6, 6.07) is 1.74. The van der Waals surface area contributed by atoms with Gasteiger partial charge in [0.25, 0.3) is 0 Å². The number of imidazole rings is 1. The number of carboxylic acid groups (broad SMARTS) is 1. The molecule has 176 valence electrons. The van der Waals surface area contributed by atoms with Gasteiger partial charge in [-0.25, -0.2) is 9.78 Å². The van der Waals surface area contributed by atoms with Crippen LogP contribution in [0.3, 0.4) is 0 Å². The number of rotatable bonds is 5. The zero-order chi connectivity index (χ0) is 23.4. The highest BCUT2D eigenvalue weighted by molar-refractivity contribution is 6.09. The molecule has 0 bridgehead atoms. The summed E-state index contributed by atoms with van der Waals surface area (Å²) in [6.45, 7) is 0.457. The highest BCUT2D eigenvalue weighted by Crippen LogP contribution is 2.47. The zero-order valence-electron chi connectivity index (χ0n) is 17.9. The van der Waals surface area contributed by atoms with E-state index in [0.29, 0.717) is 11.5 Å². The number of aryl methyl sites for hydroxylation is 1. The fourth-order valence-electron chi connectivity index (χ4n) is 5.31. The van der Waals surface area contributed by atoms with Gasteiger partial charge in [0.1, 0.15) is 11.2 Å². The first-order valence-corrected chi connectivity index (χ1v) is 11.1. The van der Waals surface area contributed by atoms with Crippen LogP contribution in [0, 0.1) is 0 Å². The van der Waals surface area contributed by atoms with E-state index in [1.165, 1.54) is 4.90 Å². The number of nitrogens with zero attached hydrogens (tertiary/aromatic N) is 5. The number of fused-ring (bicyclic) bond motifs is 3. The van der Waals surface area contributed by atoms with Gasteiger partial charge in [-0.15, -0.1) is 0 Å². The van der Waals surface area contributed by atoms with Crippen molar-refractivity contribution in [2.75, 3.05) is 18.0 Å². The molecule has 0 atom stereocenters. The maximum Gasteiger partial charge on any atom is 0.407 e. The van der Waals surface area contributed by atoms with Crippen molar-refractivity contribution in [3.8, 4) is 0 Å². The molecule has 2 aliphatic heterocycles. The Hall–Kier alpha value is -3.11. The molecular weight excluding hydrogens is 439 g/mol. The van der Waals surface area contributed by atoms with Gasteiger partial charge >= 0.3 is 12.3 Å². The summed E-state index contributed by atoms with van der Waals surface area (Å²) in [5, 5.41) is 9.28. The molecule has 1 N–H and O–H groups in total. The van der Waals surface area contributed by atoms with E-state index in [1.54, 1.807) is 23.4 Å². The zero-order valence-corrected chi connectivity index (χ0v) is 17.9. The van der Waals surface area contributed by atoms with Crippen molar-refractivity contribution >= 4 is 17.7 Å². The van der Waals surface area contributed by atoms with Gasteiger partial charge in [0.15, 0.2) is 0 Å². The quantitative estimate of drug-likeness (QED) is 0.735. The molecule has 2 aromatic heterocycles. The van der Waals surface area contributed by atoms with E-state index in [2.05, 4.69) is 4.98 Å². The predicted molar refractivity (Wildman–Crippen MR) is 111 cm³/mol. The second kappa shape index (κ2) is 7.74. The van der Waals surface area contributed by atoms with Crippen LogP contribution < -0.4 is 4.90 Å². The molecule has 0 unspecified atom stereocenters. The number of halogens is 3. The van der Waals surface area contributed by atoms with Crippen molar-refractivity contribution in [2.24, 2.45) is 0 Å². The molecule has 33 heavy (non-hydrogen) atoms. The van der Waals surface area contributed by atoms with E-state index in [9.17, 15) is 27.9 Å². The van der Waals surface area contributed by atoms with E-state index in [4.69, 9.17) is 4.98 Å². The van der Waals surface area contributed by atoms with Gasteiger partial charge in [0, 0.05) is 37.9 Å². The highest BCUT2D eigenvalue weighted by atomic mass is 19.4. The van der Waals surface area contributed by atoms with Gasteiger partial charge in [-0.2, -0.15) is 13.2 Å². The van der Waals surface area contributed by atoms with Gasteiger partial charge in [0.05, 0.1) is 24.1 Å². The summed E-state index contributed by atoms with van der Waals surface area (Å²) in [5.41, 5.74) is 2.27.